The van der Waals surface area contributed by atoms with Gasteiger partial charge in [-0.05, 0) is 17.9 Å². The summed E-state index contributed by atoms with van der Waals surface area (Å²) in [7, 11) is 0. The summed E-state index contributed by atoms with van der Waals surface area (Å²) in [4.78, 5) is 64.7. The van der Waals surface area contributed by atoms with Gasteiger partial charge in [0.25, 0.3) is 0 Å². The third-order valence-electron chi connectivity index (χ3n) is 6.09. The lowest BCUT2D eigenvalue weighted by Crippen LogP contribution is -2.59. The van der Waals surface area contributed by atoms with Crippen LogP contribution >= 0.6 is 0 Å². The fourth-order valence-electron chi connectivity index (χ4n) is 3.93. The Morgan fingerprint density at radius 3 is 1.90 bits per heavy atom. The number of rotatable bonds is 14. The minimum Gasteiger partial charge on any atom is -0.480 e. The van der Waals surface area contributed by atoms with Gasteiger partial charge in [0.2, 0.25) is 17.7 Å². The van der Waals surface area contributed by atoms with E-state index in [0.717, 1.165) is 5.56 Å². The number of carboxylic acids is 1. The molecule has 1 aromatic carbocycles. The van der Waals surface area contributed by atoms with E-state index in [9.17, 15) is 24.3 Å². The lowest BCUT2D eigenvalue weighted by molar-refractivity contribution is -0.142. The highest BCUT2D eigenvalue weighted by Crippen LogP contribution is 2.08. The Kier molecular flexibility index (Phi) is 10.3. The first kappa shape index (κ1) is 29.0. The number of nitrogens with one attached hydrogen (secondary N) is 5. The number of aromatic nitrogens is 4. The van der Waals surface area contributed by atoms with Crippen molar-refractivity contribution in [2.24, 2.45) is 11.7 Å². The smallest absolute Gasteiger partial charge is 0.326 e. The molecular weight excluding hydrogens is 504 g/mol. The zero-order valence-corrected chi connectivity index (χ0v) is 21.8. The number of carboxylic acid groups (broad SMARTS) is 1. The van der Waals surface area contributed by atoms with Crippen molar-refractivity contribution in [3.8, 4) is 0 Å². The van der Waals surface area contributed by atoms with Crippen LogP contribution in [0.3, 0.4) is 0 Å². The molecule has 4 unspecified atom stereocenters. The molecule has 39 heavy (non-hydrogen) atoms. The average Bonchev–Trinajstić information content (AvgIpc) is 3.61. The van der Waals surface area contributed by atoms with E-state index in [1.807, 2.05) is 30.3 Å². The third-order valence-corrected chi connectivity index (χ3v) is 6.09. The van der Waals surface area contributed by atoms with Gasteiger partial charge >= 0.3 is 5.97 Å². The average molecular weight is 539 g/mol. The zero-order chi connectivity index (χ0) is 28.4. The molecule has 208 valence electrons. The number of benzene rings is 1. The molecule has 8 N–H and O–H groups in total. The van der Waals surface area contributed by atoms with Crippen molar-refractivity contribution in [3.63, 3.8) is 0 Å². The van der Waals surface area contributed by atoms with E-state index in [2.05, 4.69) is 35.9 Å². The maximum Gasteiger partial charge on any atom is 0.326 e. The van der Waals surface area contributed by atoms with E-state index >= 15 is 0 Å². The topological polar surface area (TPSA) is 208 Å². The molecule has 0 spiro atoms. The fourth-order valence-corrected chi connectivity index (χ4v) is 3.93. The van der Waals surface area contributed by atoms with Gasteiger partial charge in [-0.2, -0.15) is 0 Å². The Bertz CT molecular complexity index is 1210. The number of nitrogens with zero attached hydrogens (tertiary/aromatic N) is 2. The second-order valence-corrected chi connectivity index (χ2v) is 9.55. The van der Waals surface area contributed by atoms with Gasteiger partial charge in [-0.25, -0.2) is 14.8 Å². The summed E-state index contributed by atoms with van der Waals surface area (Å²) < 4.78 is 0. The first-order chi connectivity index (χ1) is 18.6. The monoisotopic (exact) mass is 538 g/mol. The maximum atomic E-state index is 13.3. The normalized spacial score (nSPS) is 14.2. The molecule has 0 saturated heterocycles. The second kappa shape index (κ2) is 13.9. The molecule has 2 heterocycles. The van der Waals surface area contributed by atoms with Gasteiger partial charge in [-0.15, -0.1) is 0 Å². The standard InChI is InChI=1S/C26H34N8O5/c1-15(2)22(34-23(35)19(27)8-16-6-4-3-5-7-16)25(37)32-20(9-17-11-28-13-30-17)24(36)33-21(26(38)39)10-18-12-29-14-31-18/h3-7,11-15,19-22H,8-10,27H2,1-2H3,(H,28,30)(H,29,31)(H,32,37)(H,33,36)(H,34,35)(H,38,39). The summed E-state index contributed by atoms with van der Waals surface area (Å²) in [5, 5.41) is 17.5. The van der Waals surface area contributed by atoms with Crippen LogP contribution < -0.4 is 21.7 Å². The van der Waals surface area contributed by atoms with E-state index in [1.54, 1.807) is 13.8 Å². The number of amides is 3. The molecule has 0 bridgehead atoms. The Balaban J connectivity index is 1.71. The van der Waals surface area contributed by atoms with Crippen molar-refractivity contribution in [2.75, 3.05) is 0 Å². The van der Waals surface area contributed by atoms with Gasteiger partial charge in [-0.3, -0.25) is 14.4 Å². The largest absolute Gasteiger partial charge is 0.480 e. The Morgan fingerprint density at radius 1 is 0.821 bits per heavy atom. The van der Waals surface area contributed by atoms with Gasteiger partial charge < -0.3 is 36.8 Å². The summed E-state index contributed by atoms with van der Waals surface area (Å²) in [6, 6.07) is 4.97. The lowest BCUT2D eigenvalue weighted by Gasteiger charge is -2.27. The third kappa shape index (κ3) is 8.78. The lowest BCUT2D eigenvalue weighted by atomic mass is 10.0. The number of hydrogen-bond acceptors (Lipinski definition) is 7. The van der Waals surface area contributed by atoms with Crippen LogP contribution in [0, 0.1) is 5.92 Å². The number of H-pyrrole nitrogens is 2. The van der Waals surface area contributed by atoms with Crippen molar-refractivity contribution in [1.29, 1.82) is 0 Å². The number of carbonyl (C=O) groups is 4. The summed E-state index contributed by atoms with van der Waals surface area (Å²) in [5.41, 5.74) is 8.04. The zero-order valence-electron chi connectivity index (χ0n) is 21.8. The number of aliphatic carboxylic acids is 1. The van der Waals surface area contributed by atoms with Gasteiger partial charge in [0, 0.05) is 36.6 Å². The van der Waals surface area contributed by atoms with Crippen molar-refractivity contribution >= 4 is 23.7 Å². The molecule has 13 nitrogen and oxygen atoms in total. The van der Waals surface area contributed by atoms with E-state index in [-0.39, 0.29) is 25.2 Å². The highest BCUT2D eigenvalue weighted by Gasteiger charge is 2.32. The maximum absolute atomic E-state index is 13.3. The molecule has 13 heteroatoms. The quantitative estimate of drug-likeness (QED) is 0.144. The van der Waals surface area contributed by atoms with E-state index in [4.69, 9.17) is 5.73 Å². The molecule has 0 aliphatic carbocycles. The number of hydrogen-bond donors (Lipinski definition) is 7. The highest BCUT2D eigenvalue weighted by molar-refractivity contribution is 5.94. The van der Waals surface area contributed by atoms with Crippen LogP contribution in [0.15, 0.2) is 55.4 Å². The summed E-state index contributed by atoms with van der Waals surface area (Å²) in [5.74, 6) is -3.40. The van der Waals surface area contributed by atoms with Crippen LogP contribution in [-0.4, -0.2) is 72.9 Å². The summed E-state index contributed by atoms with van der Waals surface area (Å²) in [6.07, 6.45) is 6.06. The molecule has 3 rings (SSSR count). The first-order valence-corrected chi connectivity index (χ1v) is 12.5. The fraction of sp³-hybridized carbons (Fsp3) is 0.385. The predicted octanol–water partition coefficient (Wildman–Crippen LogP) is -0.317. The first-order valence-electron chi connectivity index (χ1n) is 12.5. The van der Waals surface area contributed by atoms with Gasteiger partial charge in [0.05, 0.1) is 18.7 Å². The molecule has 2 aromatic heterocycles. The van der Waals surface area contributed by atoms with Gasteiger partial charge in [0.1, 0.15) is 18.1 Å². The van der Waals surface area contributed by atoms with Crippen molar-refractivity contribution in [3.05, 3.63) is 72.3 Å². The predicted molar refractivity (Wildman–Crippen MR) is 141 cm³/mol. The van der Waals surface area contributed by atoms with E-state index in [1.165, 1.54) is 25.0 Å². The van der Waals surface area contributed by atoms with Gasteiger partial charge in [0.15, 0.2) is 0 Å². The Morgan fingerprint density at radius 2 is 1.38 bits per heavy atom. The molecule has 3 aromatic rings. The number of nitrogens with two attached hydrogens (primary N) is 1. The number of aromatic amines is 2. The van der Waals surface area contributed by atoms with Crippen LogP contribution in [0.25, 0.3) is 0 Å². The Labute approximate surface area is 225 Å². The molecule has 3 amide bonds. The molecule has 4 atom stereocenters. The minimum atomic E-state index is -1.27. The molecule has 0 saturated carbocycles. The SMILES string of the molecule is CC(C)C(NC(=O)C(N)Cc1ccccc1)C(=O)NC(Cc1cnc[nH]1)C(=O)NC(Cc1cnc[nH]1)C(=O)O. The molecule has 0 aliphatic heterocycles. The van der Waals surface area contributed by atoms with Crippen molar-refractivity contribution in [1.82, 2.24) is 35.9 Å². The number of imidazole rings is 2. The van der Waals surface area contributed by atoms with Gasteiger partial charge in [-0.1, -0.05) is 44.2 Å². The van der Waals surface area contributed by atoms with Crippen LogP contribution in [0.2, 0.25) is 0 Å². The van der Waals surface area contributed by atoms with Crippen molar-refractivity contribution < 1.29 is 24.3 Å². The minimum absolute atomic E-state index is 0.0141. The van der Waals surface area contributed by atoms with Crippen LogP contribution in [0.1, 0.15) is 30.8 Å². The summed E-state index contributed by atoms with van der Waals surface area (Å²) in [6.45, 7) is 3.50. The summed E-state index contributed by atoms with van der Waals surface area (Å²) >= 11 is 0. The van der Waals surface area contributed by atoms with Crippen molar-refractivity contribution in [2.45, 2.75) is 57.3 Å². The molecule has 0 aliphatic rings. The second-order valence-electron chi connectivity index (χ2n) is 9.55. The van der Waals surface area contributed by atoms with E-state index in [0.29, 0.717) is 11.4 Å². The Hall–Kier alpha value is -4.52. The van der Waals surface area contributed by atoms with Crippen LogP contribution in [-0.2, 0) is 38.4 Å². The molecule has 0 fully saturated rings. The van der Waals surface area contributed by atoms with E-state index < -0.39 is 47.9 Å². The molecular formula is C26H34N8O5. The number of carbonyl (C=O) groups excluding carboxylic acids is 3. The van der Waals surface area contributed by atoms with Crippen LogP contribution in [0.4, 0.5) is 0 Å². The molecule has 0 radical (unpaired) electrons. The van der Waals surface area contributed by atoms with Crippen LogP contribution in [0.5, 0.6) is 0 Å². The highest BCUT2D eigenvalue weighted by atomic mass is 16.4.